The Morgan fingerprint density at radius 1 is 1.31 bits per heavy atom. The van der Waals surface area contributed by atoms with Crippen LogP contribution in [0.3, 0.4) is 0 Å². The molecule has 1 heterocycles. The highest BCUT2D eigenvalue weighted by atomic mass is 19.3. The second kappa shape index (κ2) is 4.63. The molecule has 0 aromatic carbocycles. The molecular weight excluding hydrogens is 218 g/mol. The van der Waals surface area contributed by atoms with Gasteiger partial charge in [-0.3, -0.25) is 4.79 Å². The van der Waals surface area contributed by atoms with Crippen molar-refractivity contribution in [1.29, 1.82) is 0 Å². The van der Waals surface area contributed by atoms with Crippen molar-refractivity contribution in [3.63, 3.8) is 0 Å². The van der Waals surface area contributed by atoms with Crippen LogP contribution in [0.1, 0.15) is 19.3 Å². The summed E-state index contributed by atoms with van der Waals surface area (Å²) in [6, 6.07) is 0. The molecule has 2 rings (SSSR count). The van der Waals surface area contributed by atoms with Crippen molar-refractivity contribution in [1.82, 2.24) is 10.2 Å². The highest BCUT2D eigenvalue weighted by molar-refractivity contribution is 5.82. The van der Waals surface area contributed by atoms with Gasteiger partial charge >= 0.3 is 12.0 Å². The second-order valence-corrected chi connectivity index (χ2v) is 4.23. The molecule has 1 amide bonds. The lowest BCUT2D eigenvalue weighted by atomic mass is 9.96. The zero-order valence-electron chi connectivity index (χ0n) is 9.05. The summed E-state index contributed by atoms with van der Waals surface area (Å²) in [6.07, 6.45) is -1.93. The maximum atomic E-state index is 13.4. The molecular formula is C10H16F2N2O2. The van der Waals surface area contributed by atoms with Crippen molar-refractivity contribution in [3.8, 4) is 0 Å². The van der Waals surface area contributed by atoms with Crippen LogP contribution in [0.2, 0.25) is 0 Å². The van der Waals surface area contributed by atoms with Crippen molar-refractivity contribution in [2.75, 3.05) is 26.2 Å². The fourth-order valence-corrected chi connectivity index (χ4v) is 1.80. The average molecular weight is 234 g/mol. The number of rotatable bonds is 3. The van der Waals surface area contributed by atoms with E-state index in [2.05, 4.69) is 10.1 Å². The first-order valence-electron chi connectivity index (χ1n) is 5.65. The lowest BCUT2D eigenvalue weighted by molar-refractivity contribution is -0.266. The molecule has 1 saturated carbocycles. The number of nitrogens with zero attached hydrogens (tertiary/aromatic N) is 1. The van der Waals surface area contributed by atoms with E-state index in [1.165, 1.54) is 0 Å². The van der Waals surface area contributed by atoms with E-state index >= 15 is 0 Å². The second-order valence-electron chi connectivity index (χ2n) is 4.23. The SMILES string of the molecule is O=C(N1CCNCC1)C(F)(F)OC1CCC1. The highest BCUT2D eigenvalue weighted by Gasteiger charge is 2.46. The number of amides is 1. The van der Waals surface area contributed by atoms with E-state index in [-0.39, 0.29) is 0 Å². The molecule has 0 spiro atoms. The van der Waals surface area contributed by atoms with Crippen LogP contribution in [0.15, 0.2) is 0 Å². The van der Waals surface area contributed by atoms with E-state index in [0.29, 0.717) is 39.0 Å². The fraction of sp³-hybridized carbons (Fsp3) is 0.900. The molecule has 92 valence electrons. The van der Waals surface area contributed by atoms with Gasteiger partial charge in [-0.2, -0.15) is 8.78 Å². The standard InChI is InChI=1S/C10H16F2N2O2/c11-10(12,16-8-2-1-3-8)9(15)14-6-4-13-5-7-14/h8,13H,1-7H2. The van der Waals surface area contributed by atoms with Gasteiger partial charge in [0.2, 0.25) is 0 Å². The molecule has 0 radical (unpaired) electrons. The summed E-state index contributed by atoms with van der Waals surface area (Å²) in [5.41, 5.74) is 0. The van der Waals surface area contributed by atoms with Gasteiger partial charge < -0.3 is 15.0 Å². The average Bonchev–Trinajstić information content (AvgIpc) is 2.24. The van der Waals surface area contributed by atoms with E-state index < -0.39 is 18.1 Å². The third-order valence-electron chi connectivity index (χ3n) is 3.02. The Hall–Kier alpha value is -0.750. The molecule has 0 unspecified atom stereocenters. The molecule has 6 heteroatoms. The zero-order valence-corrected chi connectivity index (χ0v) is 9.05. The van der Waals surface area contributed by atoms with Gasteiger partial charge in [-0.25, -0.2) is 0 Å². The monoisotopic (exact) mass is 234 g/mol. The minimum absolute atomic E-state index is 0.322. The van der Waals surface area contributed by atoms with Crippen LogP contribution >= 0.6 is 0 Å². The Balaban J connectivity index is 1.89. The largest absolute Gasteiger partial charge is 0.436 e. The molecule has 16 heavy (non-hydrogen) atoms. The number of hydrogen-bond donors (Lipinski definition) is 1. The molecule has 0 bridgehead atoms. The number of alkyl halides is 2. The van der Waals surface area contributed by atoms with Crippen LogP contribution < -0.4 is 5.32 Å². The summed E-state index contributed by atoms with van der Waals surface area (Å²) in [5, 5.41) is 3.00. The van der Waals surface area contributed by atoms with E-state index in [1.54, 1.807) is 0 Å². The van der Waals surface area contributed by atoms with Gasteiger partial charge in [0.05, 0.1) is 6.10 Å². The van der Waals surface area contributed by atoms with Crippen molar-refractivity contribution >= 4 is 5.91 Å². The van der Waals surface area contributed by atoms with Crippen molar-refractivity contribution in [2.45, 2.75) is 31.5 Å². The van der Waals surface area contributed by atoms with E-state index in [0.717, 1.165) is 11.3 Å². The number of carbonyl (C=O) groups excluding carboxylic acids is 1. The van der Waals surface area contributed by atoms with Crippen molar-refractivity contribution in [2.24, 2.45) is 0 Å². The van der Waals surface area contributed by atoms with Crippen LogP contribution in [0.25, 0.3) is 0 Å². The predicted molar refractivity (Wildman–Crippen MR) is 53.1 cm³/mol. The molecule has 4 nitrogen and oxygen atoms in total. The lowest BCUT2D eigenvalue weighted by Crippen LogP contribution is -2.53. The van der Waals surface area contributed by atoms with E-state index in [9.17, 15) is 13.6 Å². The third-order valence-corrected chi connectivity index (χ3v) is 3.02. The first-order chi connectivity index (χ1) is 7.59. The quantitative estimate of drug-likeness (QED) is 0.776. The topological polar surface area (TPSA) is 41.6 Å². The minimum atomic E-state index is -3.65. The van der Waals surface area contributed by atoms with E-state index in [4.69, 9.17) is 0 Å². The Bertz CT molecular complexity index is 264. The van der Waals surface area contributed by atoms with Gasteiger partial charge in [0, 0.05) is 26.2 Å². The molecule has 1 aliphatic heterocycles. The Morgan fingerprint density at radius 2 is 1.94 bits per heavy atom. The third kappa shape index (κ3) is 2.49. The normalized spacial score (nSPS) is 23.0. The molecule has 0 atom stereocenters. The number of carbonyl (C=O) groups is 1. The number of ether oxygens (including phenoxy) is 1. The first-order valence-corrected chi connectivity index (χ1v) is 5.65. The van der Waals surface area contributed by atoms with Gasteiger partial charge in [-0.05, 0) is 19.3 Å². The number of halogens is 2. The summed E-state index contributed by atoms with van der Waals surface area (Å²) in [4.78, 5) is 12.7. The van der Waals surface area contributed by atoms with Gasteiger partial charge in [0.25, 0.3) is 0 Å². The molecule has 2 fully saturated rings. The summed E-state index contributed by atoms with van der Waals surface area (Å²) in [6.45, 7) is 1.77. The Morgan fingerprint density at radius 3 is 2.44 bits per heavy atom. The maximum Gasteiger partial charge on any atom is 0.436 e. The molecule has 1 aliphatic carbocycles. The lowest BCUT2D eigenvalue weighted by Gasteiger charge is -2.33. The van der Waals surface area contributed by atoms with E-state index in [1.807, 2.05) is 0 Å². The van der Waals surface area contributed by atoms with Crippen LogP contribution in [-0.4, -0.2) is 49.2 Å². The van der Waals surface area contributed by atoms with Crippen LogP contribution in [-0.2, 0) is 9.53 Å². The fourth-order valence-electron chi connectivity index (χ4n) is 1.80. The Kier molecular flexibility index (Phi) is 3.39. The molecule has 1 N–H and O–H groups in total. The number of hydrogen-bond acceptors (Lipinski definition) is 3. The summed E-state index contributed by atoms with van der Waals surface area (Å²) in [5.74, 6) is -1.19. The minimum Gasteiger partial charge on any atom is -0.333 e. The predicted octanol–water partition coefficient (Wildman–Crippen LogP) is 0.580. The van der Waals surface area contributed by atoms with Gasteiger partial charge in [0.15, 0.2) is 0 Å². The van der Waals surface area contributed by atoms with Crippen LogP contribution in [0.4, 0.5) is 8.78 Å². The Labute approximate surface area is 92.9 Å². The number of nitrogens with one attached hydrogen (secondary N) is 1. The smallest absolute Gasteiger partial charge is 0.333 e. The summed E-state index contributed by atoms with van der Waals surface area (Å²) >= 11 is 0. The van der Waals surface area contributed by atoms with Gasteiger partial charge in [-0.15, -0.1) is 0 Å². The summed E-state index contributed by atoms with van der Waals surface area (Å²) in [7, 11) is 0. The number of piperazine rings is 1. The molecule has 1 saturated heterocycles. The zero-order chi connectivity index (χ0) is 11.6. The van der Waals surface area contributed by atoms with Crippen LogP contribution in [0, 0.1) is 0 Å². The van der Waals surface area contributed by atoms with Gasteiger partial charge in [0.1, 0.15) is 0 Å². The van der Waals surface area contributed by atoms with Crippen LogP contribution in [0.5, 0.6) is 0 Å². The van der Waals surface area contributed by atoms with Crippen molar-refractivity contribution < 1.29 is 18.3 Å². The highest BCUT2D eigenvalue weighted by Crippen LogP contribution is 2.30. The maximum absolute atomic E-state index is 13.4. The molecule has 2 aliphatic rings. The summed E-state index contributed by atoms with van der Waals surface area (Å²) < 4.78 is 31.4. The first kappa shape index (κ1) is 11.7. The van der Waals surface area contributed by atoms with Gasteiger partial charge in [-0.1, -0.05) is 0 Å². The van der Waals surface area contributed by atoms with Crippen molar-refractivity contribution in [3.05, 3.63) is 0 Å². The molecule has 0 aromatic heterocycles. The molecule has 0 aromatic rings.